The summed E-state index contributed by atoms with van der Waals surface area (Å²) >= 11 is 0. The summed E-state index contributed by atoms with van der Waals surface area (Å²) in [5.74, 6) is 0.0524. The number of β-amino-alcohol motifs (C(OH)–C–C–N with tert-alkyl or cyclic N) is 1. The van der Waals surface area contributed by atoms with Crippen molar-refractivity contribution in [3.05, 3.63) is 35.9 Å². The van der Waals surface area contributed by atoms with Crippen LogP contribution in [-0.2, 0) is 16.1 Å². The van der Waals surface area contributed by atoms with Crippen LogP contribution >= 0.6 is 0 Å². The average molecular weight is 320 g/mol. The van der Waals surface area contributed by atoms with Gasteiger partial charge >= 0.3 is 0 Å². The molecule has 1 aliphatic heterocycles. The van der Waals surface area contributed by atoms with E-state index in [1.165, 1.54) is 0 Å². The van der Waals surface area contributed by atoms with Crippen LogP contribution in [0.4, 0.5) is 0 Å². The van der Waals surface area contributed by atoms with Gasteiger partial charge in [-0.1, -0.05) is 37.3 Å². The Labute approximate surface area is 138 Å². The second-order valence-corrected chi connectivity index (χ2v) is 6.13. The molecule has 0 unspecified atom stereocenters. The Bertz CT molecular complexity index is 472. The number of rotatable bonds is 7. The molecular formula is C18H28N2O3. The maximum absolute atomic E-state index is 12.4. The lowest BCUT2D eigenvalue weighted by molar-refractivity contribution is -0.145. The lowest BCUT2D eigenvalue weighted by Crippen LogP contribution is -2.52. The molecule has 0 aliphatic carbocycles. The van der Waals surface area contributed by atoms with Gasteiger partial charge in [-0.05, 0) is 18.9 Å². The zero-order valence-electron chi connectivity index (χ0n) is 14.1. The number of piperazine rings is 1. The van der Waals surface area contributed by atoms with Crippen LogP contribution in [0.2, 0.25) is 0 Å². The van der Waals surface area contributed by atoms with Gasteiger partial charge in [0.25, 0.3) is 5.91 Å². The van der Waals surface area contributed by atoms with Gasteiger partial charge in [0.2, 0.25) is 0 Å². The lowest BCUT2D eigenvalue weighted by atomic mass is 10.2. The fourth-order valence-electron chi connectivity index (χ4n) is 2.70. The maximum atomic E-state index is 12.4. The number of hydrogen-bond donors (Lipinski definition) is 1. The van der Waals surface area contributed by atoms with Crippen LogP contribution in [0.25, 0.3) is 0 Å². The Kier molecular flexibility index (Phi) is 7.02. The van der Waals surface area contributed by atoms with Gasteiger partial charge in [0.15, 0.2) is 0 Å². The molecule has 2 rings (SSSR count). The molecule has 128 valence electrons. The van der Waals surface area contributed by atoms with Crippen LogP contribution in [0.1, 0.15) is 25.8 Å². The Morgan fingerprint density at radius 2 is 1.87 bits per heavy atom. The molecular weight excluding hydrogens is 292 g/mol. The molecule has 1 saturated heterocycles. The molecule has 0 radical (unpaired) electrons. The number of aliphatic hydroxyl groups is 1. The molecule has 0 aromatic heterocycles. The molecule has 1 aliphatic rings. The van der Waals surface area contributed by atoms with Crippen LogP contribution < -0.4 is 0 Å². The van der Waals surface area contributed by atoms with Crippen molar-refractivity contribution in [2.24, 2.45) is 0 Å². The minimum absolute atomic E-state index is 0.0524. The van der Waals surface area contributed by atoms with Gasteiger partial charge in [0, 0.05) is 32.7 Å². The predicted octanol–water partition coefficient (Wildman–Crippen LogP) is 1.51. The molecule has 0 saturated carbocycles. The topological polar surface area (TPSA) is 53.0 Å². The third-order valence-corrected chi connectivity index (χ3v) is 4.31. The van der Waals surface area contributed by atoms with Crippen molar-refractivity contribution < 1.29 is 14.6 Å². The summed E-state index contributed by atoms with van der Waals surface area (Å²) in [6, 6.07) is 9.89. The second-order valence-electron chi connectivity index (χ2n) is 6.13. The Balaban J connectivity index is 1.73. The maximum Gasteiger partial charge on any atom is 0.251 e. The monoisotopic (exact) mass is 320 g/mol. The third kappa shape index (κ3) is 5.61. The van der Waals surface area contributed by atoms with E-state index < -0.39 is 6.10 Å². The summed E-state index contributed by atoms with van der Waals surface area (Å²) in [5.41, 5.74) is 1.07. The molecule has 1 aromatic carbocycles. The van der Waals surface area contributed by atoms with Crippen molar-refractivity contribution in [3.8, 4) is 0 Å². The summed E-state index contributed by atoms with van der Waals surface area (Å²) < 4.78 is 5.71. The van der Waals surface area contributed by atoms with E-state index in [2.05, 4.69) is 4.90 Å². The van der Waals surface area contributed by atoms with Crippen LogP contribution in [0.15, 0.2) is 30.3 Å². The van der Waals surface area contributed by atoms with E-state index in [1.54, 1.807) is 0 Å². The van der Waals surface area contributed by atoms with Gasteiger partial charge in [-0.2, -0.15) is 0 Å². The summed E-state index contributed by atoms with van der Waals surface area (Å²) in [7, 11) is 0. The summed E-state index contributed by atoms with van der Waals surface area (Å²) in [6.45, 7) is 7.98. The highest BCUT2D eigenvalue weighted by Crippen LogP contribution is 2.09. The first-order chi connectivity index (χ1) is 11.1. The fourth-order valence-corrected chi connectivity index (χ4v) is 2.70. The number of carbonyl (C=O) groups is 1. The molecule has 1 heterocycles. The van der Waals surface area contributed by atoms with E-state index in [-0.39, 0.29) is 12.0 Å². The van der Waals surface area contributed by atoms with Crippen LogP contribution in [0.5, 0.6) is 0 Å². The van der Waals surface area contributed by atoms with Gasteiger partial charge in [-0.3, -0.25) is 9.69 Å². The standard InChI is InChI=1S/C18H28N2O3/c1-3-17(21)13-19-9-11-20(12-10-19)18(22)15(2)23-14-16-7-5-4-6-8-16/h4-8,15,17,21H,3,9-14H2,1-2H3/t15-,17+/m0/s1. The molecule has 1 N–H and O–H groups in total. The Morgan fingerprint density at radius 3 is 2.48 bits per heavy atom. The summed E-state index contributed by atoms with van der Waals surface area (Å²) in [5, 5.41) is 9.71. The SMILES string of the molecule is CC[C@@H](O)CN1CCN(C(=O)[C@H](C)OCc2ccccc2)CC1. The van der Waals surface area contributed by atoms with Crippen LogP contribution in [0, 0.1) is 0 Å². The molecule has 1 aromatic rings. The van der Waals surface area contributed by atoms with Crippen molar-refractivity contribution >= 4 is 5.91 Å². The van der Waals surface area contributed by atoms with E-state index in [0.29, 0.717) is 26.2 Å². The Hall–Kier alpha value is -1.43. The zero-order chi connectivity index (χ0) is 16.7. The molecule has 1 amide bonds. The molecule has 0 spiro atoms. The van der Waals surface area contributed by atoms with Crippen molar-refractivity contribution in [2.75, 3.05) is 32.7 Å². The highest BCUT2D eigenvalue weighted by atomic mass is 16.5. The lowest BCUT2D eigenvalue weighted by Gasteiger charge is -2.36. The molecule has 2 atom stereocenters. The van der Waals surface area contributed by atoms with E-state index in [0.717, 1.165) is 25.1 Å². The van der Waals surface area contributed by atoms with Crippen molar-refractivity contribution in [1.82, 2.24) is 9.80 Å². The van der Waals surface area contributed by atoms with Gasteiger partial charge in [0.1, 0.15) is 6.10 Å². The van der Waals surface area contributed by atoms with Gasteiger partial charge < -0.3 is 14.7 Å². The van der Waals surface area contributed by atoms with Gasteiger partial charge in [-0.25, -0.2) is 0 Å². The van der Waals surface area contributed by atoms with E-state index in [1.807, 2.05) is 49.1 Å². The normalized spacial score (nSPS) is 18.7. The number of ether oxygens (including phenoxy) is 1. The van der Waals surface area contributed by atoms with Gasteiger partial charge in [-0.15, -0.1) is 0 Å². The predicted molar refractivity (Wildman–Crippen MR) is 90.0 cm³/mol. The number of hydrogen-bond acceptors (Lipinski definition) is 4. The quantitative estimate of drug-likeness (QED) is 0.827. The first-order valence-corrected chi connectivity index (χ1v) is 8.45. The number of amides is 1. The van der Waals surface area contributed by atoms with E-state index in [4.69, 9.17) is 4.74 Å². The van der Waals surface area contributed by atoms with Gasteiger partial charge in [0.05, 0.1) is 12.7 Å². The highest BCUT2D eigenvalue weighted by Gasteiger charge is 2.25. The minimum atomic E-state index is -0.428. The molecule has 1 fully saturated rings. The number of benzene rings is 1. The zero-order valence-corrected chi connectivity index (χ0v) is 14.1. The largest absolute Gasteiger partial charge is 0.392 e. The molecule has 23 heavy (non-hydrogen) atoms. The van der Waals surface area contributed by atoms with E-state index in [9.17, 15) is 9.90 Å². The molecule has 5 heteroatoms. The summed E-state index contributed by atoms with van der Waals surface area (Å²) in [4.78, 5) is 16.5. The van der Waals surface area contributed by atoms with Crippen molar-refractivity contribution in [1.29, 1.82) is 0 Å². The smallest absolute Gasteiger partial charge is 0.251 e. The number of aliphatic hydroxyl groups excluding tert-OH is 1. The number of nitrogens with zero attached hydrogens (tertiary/aromatic N) is 2. The van der Waals surface area contributed by atoms with Crippen LogP contribution in [0.3, 0.4) is 0 Å². The minimum Gasteiger partial charge on any atom is -0.392 e. The van der Waals surface area contributed by atoms with Crippen LogP contribution in [-0.4, -0.2) is 65.7 Å². The Morgan fingerprint density at radius 1 is 1.22 bits per heavy atom. The average Bonchev–Trinajstić information content (AvgIpc) is 2.60. The van der Waals surface area contributed by atoms with Crippen molar-refractivity contribution in [3.63, 3.8) is 0 Å². The number of carbonyl (C=O) groups excluding carboxylic acids is 1. The summed E-state index contributed by atoms with van der Waals surface area (Å²) in [6.07, 6.45) is 0.0668. The molecule has 0 bridgehead atoms. The fraction of sp³-hybridized carbons (Fsp3) is 0.611. The van der Waals surface area contributed by atoms with E-state index >= 15 is 0 Å². The molecule has 5 nitrogen and oxygen atoms in total. The highest BCUT2D eigenvalue weighted by molar-refractivity contribution is 5.80. The van der Waals surface area contributed by atoms with Crippen molar-refractivity contribution in [2.45, 2.75) is 39.1 Å². The second kappa shape index (κ2) is 9.01. The first-order valence-electron chi connectivity index (χ1n) is 8.45. The third-order valence-electron chi connectivity index (χ3n) is 4.31. The first kappa shape index (κ1) is 17.9.